The van der Waals surface area contributed by atoms with Gasteiger partial charge in [-0.3, -0.25) is 4.79 Å². The first kappa shape index (κ1) is 21.7. The summed E-state index contributed by atoms with van der Waals surface area (Å²) in [6, 6.07) is 9.94. The maximum Gasteiger partial charge on any atom is 0.231 e. The molecule has 29 heavy (non-hydrogen) atoms. The Kier molecular flexibility index (Phi) is 7.19. The van der Waals surface area contributed by atoms with Gasteiger partial charge in [-0.15, -0.1) is 0 Å². The predicted octanol–water partition coefficient (Wildman–Crippen LogP) is 4.60. The van der Waals surface area contributed by atoms with E-state index in [1.807, 2.05) is 30.3 Å². The van der Waals surface area contributed by atoms with Crippen LogP contribution in [0.15, 0.2) is 34.8 Å². The van der Waals surface area contributed by atoms with Crippen molar-refractivity contribution in [2.75, 3.05) is 34.5 Å². The third-order valence-corrected chi connectivity index (χ3v) is 5.65. The summed E-state index contributed by atoms with van der Waals surface area (Å²) < 4.78 is 18.0. The van der Waals surface area contributed by atoms with E-state index in [4.69, 9.17) is 14.2 Å². The molecule has 1 heterocycles. The monoisotopic (exact) mass is 461 g/mol. The van der Waals surface area contributed by atoms with Crippen LogP contribution in [-0.4, -0.2) is 45.2 Å². The molecule has 1 aliphatic heterocycles. The maximum atomic E-state index is 12.8. The molecule has 1 aliphatic rings. The first-order valence-electron chi connectivity index (χ1n) is 9.79. The highest BCUT2D eigenvalue weighted by molar-refractivity contribution is 9.10. The van der Waals surface area contributed by atoms with Crippen LogP contribution in [0.2, 0.25) is 0 Å². The molecule has 1 atom stereocenters. The number of hydrogen-bond acceptors (Lipinski definition) is 5. The lowest BCUT2D eigenvalue weighted by molar-refractivity contribution is -0.118. The smallest absolute Gasteiger partial charge is 0.231 e. The number of rotatable bonds is 9. The van der Waals surface area contributed by atoms with Gasteiger partial charge in [-0.2, -0.15) is 0 Å². The van der Waals surface area contributed by atoms with E-state index < -0.39 is 0 Å². The maximum absolute atomic E-state index is 12.8. The van der Waals surface area contributed by atoms with E-state index in [-0.39, 0.29) is 18.5 Å². The number of halogens is 1. The summed E-state index contributed by atoms with van der Waals surface area (Å²) in [6.45, 7) is 3.17. The number of methoxy groups -OCH3 is 1. The Balaban J connectivity index is 1.84. The SMILES string of the molecule is COc1c2c(cc(CCN(C)C)c1C(C)CC(=O)Cc1ccc(Br)cc1)OCO2. The summed E-state index contributed by atoms with van der Waals surface area (Å²) in [6.07, 6.45) is 1.72. The number of ether oxygens (including phenoxy) is 3. The fourth-order valence-electron chi connectivity index (χ4n) is 3.72. The van der Waals surface area contributed by atoms with E-state index in [1.54, 1.807) is 7.11 Å². The lowest BCUT2D eigenvalue weighted by atomic mass is 9.87. The number of Topliss-reactive ketones (excluding diaryl/α,β-unsaturated/α-hetero) is 1. The molecule has 0 radical (unpaired) electrons. The molecule has 0 fully saturated rings. The normalized spacial score (nSPS) is 13.6. The summed E-state index contributed by atoms with van der Waals surface area (Å²) in [4.78, 5) is 14.9. The Morgan fingerprint density at radius 1 is 1.24 bits per heavy atom. The van der Waals surface area contributed by atoms with Crippen molar-refractivity contribution in [2.45, 2.75) is 32.1 Å². The number of carbonyl (C=O) groups is 1. The molecule has 0 bridgehead atoms. The lowest BCUT2D eigenvalue weighted by Crippen LogP contribution is -2.17. The number of carbonyl (C=O) groups excluding carboxylic acids is 1. The largest absolute Gasteiger partial charge is 0.492 e. The van der Waals surface area contributed by atoms with E-state index in [0.29, 0.717) is 30.1 Å². The van der Waals surface area contributed by atoms with Crippen LogP contribution in [0.3, 0.4) is 0 Å². The van der Waals surface area contributed by atoms with Gasteiger partial charge in [0.2, 0.25) is 12.5 Å². The summed E-state index contributed by atoms with van der Waals surface area (Å²) in [5.74, 6) is 2.27. The third-order valence-electron chi connectivity index (χ3n) is 5.12. The Bertz CT molecular complexity index is 864. The minimum absolute atomic E-state index is 0.0135. The van der Waals surface area contributed by atoms with Crippen molar-refractivity contribution < 1.29 is 19.0 Å². The number of fused-ring (bicyclic) bond motifs is 1. The van der Waals surface area contributed by atoms with E-state index in [9.17, 15) is 4.79 Å². The van der Waals surface area contributed by atoms with E-state index in [2.05, 4.69) is 41.8 Å². The van der Waals surface area contributed by atoms with Gasteiger partial charge in [-0.1, -0.05) is 35.0 Å². The number of benzene rings is 2. The second-order valence-electron chi connectivity index (χ2n) is 7.72. The van der Waals surface area contributed by atoms with Crippen LogP contribution in [0.5, 0.6) is 17.2 Å². The molecule has 0 aliphatic carbocycles. The van der Waals surface area contributed by atoms with Crippen LogP contribution in [0, 0.1) is 0 Å². The second kappa shape index (κ2) is 9.63. The van der Waals surface area contributed by atoms with Crippen LogP contribution < -0.4 is 14.2 Å². The van der Waals surface area contributed by atoms with Crippen molar-refractivity contribution in [3.63, 3.8) is 0 Å². The van der Waals surface area contributed by atoms with Gasteiger partial charge < -0.3 is 19.1 Å². The Labute approximate surface area is 181 Å². The van der Waals surface area contributed by atoms with Gasteiger partial charge in [0.1, 0.15) is 5.78 Å². The number of nitrogens with zero attached hydrogens (tertiary/aromatic N) is 1. The van der Waals surface area contributed by atoms with Crippen molar-refractivity contribution >= 4 is 21.7 Å². The molecule has 0 aromatic heterocycles. The summed E-state index contributed by atoms with van der Waals surface area (Å²) in [5.41, 5.74) is 3.21. The van der Waals surface area contributed by atoms with E-state index in [1.165, 1.54) is 0 Å². The highest BCUT2D eigenvalue weighted by atomic mass is 79.9. The molecule has 1 unspecified atom stereocenters. The second-order valence-corrected chi connectivity index (χ2v) is 8.63. The van der Waals surface area contributed by atoms with Crippen molar-refractivity contribution in [1.29, 1.82) is 0 Å². The summed E-state index contributed by atoms with van der Waals surface area (Å²) in [7, 11) is 5.75. The minimum atomic E-state index is 0.0135. The van der Waals surface area contributed by atoms with Crippen molar-refractivity contribution in [3.8, 4) is 17.2 Å². The van der Waals surface area contributed by atoms with Gasteiger partial charge >= 0.3 is 0 Å². The Morgan fingerprint density at radius 2 is 1.97 bits per heavy atom. The van der Waals surface area contributed by atoms with Crippen LogP contribution in [0.25, 0.3) is 0 Å². The van der Waals surface area contributed by atoms with Crippen molar-refractivity contribution in [2.24, 2.45) is 0 Å². The molecule has 2 aromatic carbocycles. The molecule has 0 spiro atoms. The van der Waals surface area contributed by atoms with Crippen LogP contribution >= 0.6 is 15.9 Å². The lowest BCUT2D eigenvalue weighted by Gasteiger charge is -2.22. The first-order chi connectivity index (χ1) is 13.9. The molecule has 156 valence electrons. The topological polar surface area (TPSA) is 48.0 Å². The average molecular weight is 462 g/mol. The molecule has 5 nitrogen and oxygen atoms in total. The minimum Gasteiger partial charge on any atom is -0.492 e. The highest BCUT2D eigenvalue weighted by Gasteiger charge is 2.28. The van der Waals surface area contributed by atoms with Crippen LogP contribution in [-0.2, 0) is 17.6 Å². The zero-order valence-electron chi connectivity index (χ0n) is 17.5. The molecule has 0 saturated heterocycles. The third kappa shape index (κ3) is 5.31. The molecule has 3 rings (SSSR count). The number of likely N-dealkylation sites (N-methyl/N-ethyl adjacent to an activating group) is 1. The standard InChI is InChI=1S/C23H28BrNO4/c1-15(11-19(26)12-16-5-7-18(24)8-6-16)21-17(9-10-25(2)3)13-20-22(23(21)27-4)29-14-28-20/h5-8,13,15H,9-12,14H2,1-4H3. The van der Waals surface area contributed by atoms with Gasteiger partial charge in [0.05, 0.1) is 7.11 Å². The van der Waals surface area contributed by atoms with E-state index in [0.717, 1.165) is 34.1 Å². The van der Waals surface area contributed by atoms with Gasteiger partial charge in [0.15, 0.2) is 11.5 Å². The van der Waals surface area contributed by atoms with Gasteiger partial charge in [0.25, 0.3) is 0 Å². The molecule has 0 amide bonds. The molecule has 2 aromatic rings. The Morgan fingerprint density at radius 3 is 2.62 bits per heavy atom. The molecule has 0 N–H and O–H groups in total. The number of ketones is 1. The predicted molar refractivity (Wildman–Crippen MR) is 117 cm³/mol. The van der Waals surface area contributed by atoms with Gasteiger partial charge in [-0.05, 0) is 55.8 Å². The molecular weight excluding hydrogens is 434 g/mol. The summed E-state index contributed by atoms with van der Waals surface area (Å²) in [5, 5.41) is 0. The average Bonchev–Trinajstić information content (AvgIpc) is 3.15. The zero-order valence-corrected chi connectivity index (χ0v) is 19.0. The van der Waals surface area contributed by atoms with Gasteiger partial charge in [-0.25, -0.2) is 0 Å². The summed E-state index contributed by atoms with van der Waals surface area (Å²) >= 11 is 3.43. The zero-order chi connectivity index (χ0) is 21.0. The van der Waals surface area contributed by atoms with E-state index >= 15 is 0 Å². The molecular formula is C23H28BrNO4. The van der Waals surface area contributed by atoms with Crippen molar-refractivity contribution in [1.82, 2.24) is 4.90 Å². The molecule has 0 saturated carbocycles. The van der Waals surface area contributed by atoms with Gasteiger partial charge in [0, 0.05) is 29.4 Å². The fraction of sp³-hybridized carbons (Fsp3) is 0.435. The van der Waals surface area contributed by atoms with Crippen LogP contribution in [0.1, 0.15) is 36.0 Å². The Hall–Kier alpha value is -2.05. The van der Waals surface area contributed by atoms with Crippen LogP contribution in [0.4, 0.5) is 0 Å². The first-order valence-corrected chi connectivity index (χ1v) is 10.6. The fourth-order valence-corrected chi connectivity index (χ4v) is 3.98. The molecule has 6 heteroatoms. The quantitative estimate of drug-likeness (QED) is 0.546. The van der Waals surface area contributed by atoms with Crippen molar-refractivity contribution in [3.05, 3.63) is 51.5 Å². The number of hydrogen-bond donors (Lipinski definition) is 0. The highest BCUT2D eigenvalue weighted by Crippen LogP contribution is 2.48.